The minimum Gasteiger partial charge on any atom is -0.381 e. The molecule has 0 radical (unpaired) electrons. The summed E-state index contributed by atoms with van der Waals surface area (Å²) in [6, 6.07) is 0. The zero-order chi connectivity index (χ0) is 11.4. The van der Waals surface area contributed by atoms with E-state index < -0.39 is 0 Å². The first-order valence-electron chi connectivity index (χ1n) is 6.31. The lowest BCUT2D eigenvalue weighted by Gasteiger charge is -2.11. The number of hydrogen-bond donors (Lipinski definition) is 0. The summed E-state index contributed by atoms with van der Waals surface area (Å²) in [5.41, 5.74) is 0. The quantitative estimate of drug-likeness (QED) is 0.387. The summed E-state index contributed by atoms with van der Waals surface area (Å²) in [6.45, 7) is 2.24. The van der Waals surface area contributed by atoms with E-state index in [0.717, 1.165) is 12.7 Å². The van der Waals surface area contributed by atoms with Crippen LogP contribution in [0.5, 0.6) is 0 Å². The van der Waals surface area contributed by atoms with E-state index in [2.05, 4.69) is 6.92 Å². The van der Waals surface area contributed by atoms with Crippen LogP contribution in [0.25, 0.3) is 0 Å². The monoisotopic (exact) mass is 214 g/mol. The van der Waals surface area contributed by atoms with Crippen LogP contribution in [0.4, 0.5) is 0 Å². The standard InChI is InChI=1S/C13H26O2/c1-3-4-5-6-7-8-9-10-13(15-2)11-12-14/h12-13H,3-11H2,1-2H3. The van der Waals surface area contributed by atoms with E-state index in [9.17, 15) is 4.79 Å². The number of rotatable bonds is 11. The minimum atomic E-state index is 0.151. The Kier molecular flexibility index (Phi) is 11.4. The highest BCUT2D eigenvalue weighted by Gasteiger charge is 2.05. The first kappa shape index (κ1) is 14.6. The molecule has 0 aromatic rings. The second-order valence-electron chi connectivity index (χ2n) is 4.17. The fourth-order valence-electron chi connectivity index (χ4n) is 1.77. The van der Waals surface area contributed by atoms with Gasteiger partial charge in [0.05, 0.1) is 6.10 Å². The third-order valence-electron chi connectivity index (χ3n) is 2.82. The molecule has 0 saturated carbocycles. The van der Waals surface area contributed by atoms with Crippen molar-refractivity contribution in [3.05, 3.63) is 0 Å². The topological polar surface area (TPSA) is 26.3 Å². The molecule has 0 amide bonds. The Morgan fingerprint density at radius 3 is 2.20 bits per heavy atom. The summed E-state index contributed by atoms with van der Waals surface area (Å²) in [4.78, 5) is 10.3. The SMILES string of the molecule is CCCCCCCCCC(CC=O)OC. The van der Waals surface area contributed by atoms with Crippen molar-refractivity contribution >= 4 is 6.29 Å². The number of carbonyl (C=O) groups is 1. The summed E-state index contributed by atoms with van der Waals surface area (Å²) < 4.78 is 5.20. The third-order valence-corrected chi connectivity index (χ3v) is 2.82. The van der Waals surface area contributed by atoms with E-state index in [1.807, 2.05) is 0 Å². The van der Waals surface area contributed by atoms with Gasteiger partial charge in [-0.1, -0.05) is 51.9 Å². The largest absolute Gasteiger partial charge is 0.381 e. The normalized spacial score (nSPS) is 12.7. The Morgan fingerprint density at radius 1 is 1.07 bits per heavy atom. The third kappa shape index (κ3) is 9.92. The van der Waals surface area contributed by atoms with Crippen LogP contribution < -0.4 is 0 Å². The zero-order valence-corrected chi connectivity index (χ0v) is 10.3. The van der Waals surface area contributed by atoms with Crippen molar-refractivity contribution in [2.24, 2.45) is 0 Å². The van der Waals surface area contributed by atoms with E-state index in [4.69, 9.17) is 4.74 Å². The predicted molar refractivity (Wildman–Crippen MR) is 64.1 cm³/mol. The van der Waals surface area contributed by atoms with Gasteiger partial charge < -0.3 is 9.53 Å². The van der Waals surface area contributed by atoms with Gasteiger partial charge in [0.2, 0.25) is 0 Å². The molecule has 0 heterocycles. The summed E-state index contributed by atoms with van der Waals surface area (Å²) in [7, 11) is 1.69. The van der Waals surface area contributed by atoms with Crippen molar-refractivity contribution in [2.75, 3.05) is 7.11 Å². The molecule has 0 aliphatic heterocycles. The summed E-state index contributed by atoms with van der Waals surface area (Å²) in [6.07, 6.45) is 11.9. The molecule has 0 aliphatic carbocycles. The molecule has 0 aromatic carbocycles. The lowest BCUT2D eigenvalue weighted by Crippen LogP contribution is -2.10. The first-order valence-corrected chi connectivity index (χ1v) is 6.31. The molecule has 0 spiro atoms. The number of ether oxygens (including phenoxy) is 1. The van der Waals surface area contributed by atoms with Gasteiger partial charge >= 0.3 is 0 Å². The van der Waals surface area contributed by atoms with Crippen molar-refractivity contribution in [2.45, 2.75) is 70.8 Å². The fourth-order valence-corrected chi connectivity index (χ4v) is 1.77. The lowest BCUT2D eigenvalue weighted by molar-refractivity contribution is -0.110. The van der Waals surface area contributed by atoms with Crippen LogP contribution in [0.3, 0.4) is 0 Å². The van der Waals surface area contributed by atoms with Gasteiger partial charge in [0.25, 0.3) is 0 Å². The molecule has 2 heteroatoms. The Balaban J connectivity index is 3.17. The maximum atomic E-state index is 10.3. The molecular formula is C13H26O2. The van der Waals surface area contributed by atoms with Crippen molar-refractivity contribution < 1.29 is 9.53 Å². The van der Waals surface area contributed by atoms with Gasteiger partial charge in [0, 0.05) is 13.5 Å². The molecule has 0 saturated heterocycles. The number of carbonyl (C=O) groups excluding carboxylic acids is 1. The number of aldehydes is 1. The highest BCUT2D eigenvalue weighted by Crippen LogP contribution is 2.11. The Bertz CT molecular complexity index is 134. The molecular weight excluding hydrogens is 188 g/mol. The average molecular weight is 214 g/mol. The fraction of sp³-hybridized carbons (Fsp3) is 0.923. The van der Waals surface area contributed by atoms with Crippen LogP contribution in [0.2, 0.25) is 0 Å². The first-order chi connectivity index (χ1) is 7.35. The van der Waals surface area contributed by atoms with Gasteiger partial charge in [-0.2, -0.15) is 0 Å². The van der Waals surface area contributed by atoms with E-state index in [1.165, 1.54) is 44.9 Å². The second-order valence-corrected chi connectivity index (χ2v) is 4.17. The van der Waals surface area contributed by atoms with Gasteiger partial charge in [-0.3, -0.25) is 0 Å². The molecule has 15 heavy (non-hydrogen) atoms. The molecule has 0 aliphatic rings. The lowest BCUT2D eigenvalue weighted by atomic mass is 10.1. The van der Waals surface area contributed by atoms with Crippen molar-refractivity contribution in [3.8, 4) is 0 Å². The molecule has 0 aromatic heterocycles. The smallest absolute Gasteiger partial charge is 0.122 e. The zero-order valence-electron chi connectivity index (χ0n) is 10.3. The van der Waals surface area contributed by atoms with Crippen molar-refractivity contribution in [3.63, 3.8) is 0 Å². The van der Waals surface area contributed by atoms with Gasteiger partial charge in [-0.15, -0.1) is 0 Å². The molecule has 0 N–H and O–H groups in total. The highest BCUT2D eigenvalue weighted by molar-refractivity contribution is 5.50. The molecule has 2 nitrogen and oxygen atoms in total. The van der Waals surface area contributed by atoms with Crippen LogP contribution in [0.1, 0.15) is 64.7 Å². The maximum absolute atomic E-state index is 10.3. The van der Waals surface area contributed by atoms with Crippen LogP contribution in [0.15, 0.2) is 0 Å². The van der Waals surface area contributed by atoms with Gasteiger partial charge in [-0.05, 0) is 6.42 Å². The van der Waals surface area contributed by atoms with E-state index in [-0.39, 0.29) is 6.10 Å². The van der Waals surface area contributed by atoms with Gasteiger partial charge in [0.15, 0.2) is 0 Å². The molecule has 0 rings (SSSR count). The Labute approximate surface area is 94.4 Å². The summed E-state index contributed by atoms with van der Waals surface area (Å²) in [5, 5.41) is 0. The van der Waals surface area contributed by atoms with Crippen LogP contribution in [0, 0.1) is 0 Å². The second kappa shape index (κ2) is 11.7. The van der Waals surface area contributed by atoms with Gasteiger partial charge in [0.1, 0.15) is 6.29 Å². The Hall–Kier alpha value is -0.370. The van der Waals surface area contributed by atoms with Crippen LogP contribution in [-0.4, -0.2) is 19.5 Å². The number of methoxy groups -OCH3 is 1. The van der Waals surface area contributed by atoms with Gasteiger partial charge in [-0.25, -0.2) is 0 Å². The van der Waals surface area contributed by atoms with E-state index in [0.29, 0.717) is 6.42 Å². The molecule has 90 valence electrons. The summed E-state index contributed by atoms with van der Waals surface area (Å²) in [5.74, 6) is 0. The average Bonchev–Trinajstić information content (AvgIpc) is 2.26. The maximum Gasteiger partial charge on any atom is 0.122 e. The summed E-state index contributed by atoms with van der Waals surface area (Å²) >= 11 is 0. The predicted octanol–water partition coefficient (Wildman–Crippen LogP) is 3.73. The molecule has 0 bridgehead atoms. The minimum absolute atomic E-state index is 0.151. The molecule has 0 fully saturated rings. The van der Waals surface area contributed by atoms with Crippen LogP contribution >= 0.6 is 0 Å². The van der Waals surface area contributed by atoms with E-state index in [1.54, 1.807) is 7.11 Å². The number of unbranched alkanes of at least 4 members (excludes halogenated alkanes) is 6. The highest BCUT2D eigenvalue weighted by atomic mass is 16.5. The Morgan fingerprint density at radius 2 is 1.67 bits per heavy atom. The number of hydrogen-bond acceptors (Lipinski definition) is 2. The molecule has 1 unspecified atom stereocenters. The van der Waals surface area contributed by atoms with Crippen molar-refractivity contribution in [1.29, 1.82) is 0 Å². The van der Waals surface area contributed by atoms with Crippen molar-refractivity contribution in [1.82, 2.24) is 0 Å². The van der Waals surface area contributed by atoms with Crippen LogP contribution in [-0.2, 0) is 9.53 Å². The van der Waals surface area contributed by atoms with E-state index >= 15 is 0 Å². The molecule has 1 atom stereocenters.